The van der Waals surface area contributed by atoms with Crippen LogP contribution in [0.25, 0.3) is 0 Å². The standard InChI is InChI=1S/C28H33NO.3H2/c30-25(16-15-23-8-2-7-21-9-3-13-26(21)23)19-20-6-1-11-24(18-20)28-27-14-4-10-22(27)12-5-17-29-28;;;/h2,4-5,7-8,14,17,20,24H,1,3,6,9-13,15-16,18-19H2;3*1H. The molecule has 1 fully saturated rings. The maximum Gasteiger partial charge on any atom is 0.133 e. The molecule has 4 aliphatic rings. The number of carbonyl (C=O) groups is 1. The summed E-state index contributed by atoms with van der Waals surface area (Å²) < 4.78 is 0. The Morgan fingerprint density at radius 3 is 3.00 bits per heavy atom. The van der Waals surface area contributed by atoms with E-state index in [0.29, 0.717) is 24.0 Å². The van der Waals surface area contributed by atoms with Gasteiger partial charge in [0.25, 0.3) is 0 Å². The van der Waals surface area contributed by atoms with E-state index in [-0.39, 0.29) is 4.28 Å². The lowest BCUT2D eigenvalue weighted by molar-refractivity contribution is -0.120. The van der Waals surface area contributed by atoms with Gasteiger partial charge in [-0.1, -0.05) is 48.4 Å². The maximum atomic E-state index is 12.8. The molecule has 1 aliphatic heterocycles. The van der Waals surface area contributed by atoms with E-state index in [1.165, 1.54) is 72.1 Å². The van der Waals surface area contributed by atoms with Gasteiger partial charge in [-0.05, 0) is 86.0 Å². The van der Waals surface area contributed by atoms with Gasteiger partial charge in [0.15, 0.2) is 0 Å². The third-order valence-electron chi connectivity index (χ3n) is 7.59. The molecular formula is C28H39NO. The number of hydrogen-bond donors (Lipinski definition) is 0. The van der Waals surface area contributed by atoms with Crippen LogP contribution in [0.1, 0.15) is 78.8 Å². The number of fused-ring (bicyclic) bond motifs is 1. The second kappa shape index (κ2) is 8.88. The van der Waals surface area contributed by atoms with E-state index in [9.17, 15) is 4.79 Å². The average Bonchev–Trinajstić information content (AvgIpc) is 3.38. The Morgan fingerprint density at radius 1 is 1.10 bits per heavy atom. The molecule has 0 amide bonds. The fourth-order valence-corrected chi connectivity index (χ4v) is 6.09. The minimum Gasteiger partial charge on any atom is -0.300 e. The van der Waals surface area contributed by atoms with Crippen LogP contribution in [-0.2, 0) is 24.1 Å². The van der Waals surface area contributed by atoms with Crippen molar-refractivity contribution in [2.45, 2.75) is 77.0 Å². The SMILES string of the molecule is O=C(CCc1cccc2c1CCC2)CC1CCCC(C2=NC=CCC3=C2C=CC3)C1.[HH].[HH].[HH]. The molecule has 0 spiro atoms. The molecule has 2 atom stereocenters. The van der Waals surface area contributed by atoms with Gasteiger partial charge in [0.05, 0.1) is 5.71 Å². The summed E-state index contributed by atoms with van der Waals surface area (Å²) >= 11 is 0. The summed E-state index contributed by atoms with van der Waals surface area (Å²) in [5, 5.41) is 0. The molecule has 2 nitrogen and oxygen atoms in total. The molecule has 2 heteroatoms. The Balaban J connectivity index is 0.00000128. The zero-order valence-electron chi connectivity index (χ0n) is 18.0. The van der Waals surface area contributed by atoms with Crippen LogP contribution in [0.5, 0.6) is 0 Å². The van der Waals surface area contributed by atoms with Crippen molar-refractivity contribution < 1.29 is 9.07 Å². The smallest absolute Gasteiger partial charge is 0.133 e. The van der Waals surface area contributed by atoms with E-state index in [0.717, 1.165) is 32.1 Å². The number of Topliss-reactive ketones (excluding diaryl/α,β-unsaturated/α-hetero) is 1. The minimum atomic E-state index is 0. The molecule has 1 aromatic rings. The predicted molar refractivity (Wildman–Crippen MR) is 130 cm³/mol. The third-order valence-corrected chi connectivity index (χ3v) is 7.59. The minimum absolute atomic E-state index is 0. The number of allylic oxidation sites excluding steroid dienone is 5. The van der Waals surface area contributed by atoms with Crippen LogP contribution in [0.15, 0.2) is 58.8 Å². The molecule has 1 saturated carbocycles. The highest BCUT2D eigenvalue weighted by Gasteiger charge is 2.30. The molecule has 0 radical (unpaired) electrons. The number of nitrogens with zero attached hydrogens (tertiary/aromatic N) is 1. The zero-order valence-corrected chi connectivity index (χ0v) is 18.0. The zero-order chi connectivity index (χ0) is 20.3. The van der Waals surface area contributed by atoms with E-state index in [4.69, 9.17) is 4.99 Å². The molecule has 0 aromatic heterocycles. The van der Waals surface area contributed by atoms with Crippen molar-refractivity contribution in [1.82, 2.24) is 0 Å². The van der Waals surface area contributed by atoms with Crippen LogP contribution in [0.2, 0.25) is 0 Å². The first-order chi connectivity index (χ1) is 14.8. The molecule has 3 aliphatic carbocycles. The van der Waals surface area contributed by atoms with E-state index in [1.54, 1.807) is 0 Å². The summed E-state index contributed by atoms with van der Waals surface area (Å²) in [6.45, 7) is 0. The molecule has 0 N–H and O–H groups in total. The topological polar surface area (TPSA) is 29.4 Å². The molecule has 5 rings (SSSR count). The monoisotopic (exact) mass is 405 g/mol. The van der Waals surface area contributed by atoms with Gasteiger partial charge in [-0.3, -0.25) is 9.79 Å². The number of rotatable bonds is 6. The Labute approximate surface area is 185 Å². The first-order valence-corrected chi connectivity index (χ1v) is 12.0. The van der Waals surface area contributed by atoms with Crippen LogP contribution in [0.3, 0.4) is 0 Å². The fourth-order valence-electron chi connectivity index (χ4n) is 6.09. The normalized spacial score (nSPS) is 25.1. The van der Waals surface area contributed by atoms with Crippen molar-refractivity contribution >= 4 is 11.5 Å². The van der Waals surface area contributed by atoms with Crippen molar-refractivity contribution in [2.24, 2.45) is 16.8 Å². The number of hydrogen-bond acceptors (Lipinski definition) is 2. The van der Waals surface area contributed by atoms with Crippen LogP contribution in [-0.4, -0.2) is 11.5 Å². The van der Waals surface area contributed by atoms with Crippen LogP contribution in [0, 0.1) is 11.8 Å². The lowest BCUT2D eigenvalue weighted by Gasteiger charge is -2.30. The van der Waals surface area contributed by atoms with Gasteiger partial charge in [-0.25, -0.2) is 0 Å². The lowest BCUT2D eigenvalue weighted by Crippen LogP contribution is -2.25. The van der Waals surface area contributed by atoms with Gasteiger partial charge in [0.1, 0.15) is 5.78 Å². The van der Waals surface area contributed by atoms with Gasteiger partial charge in [-0.2, -0.15) is 0 Å². The summed E-state index contributed by atoms with van der Waals surface area (Å²) in [5.41, 5.74) is 8.70. The van der Waals surface area contributed by atoms with Crippen molar-refractivity contribution in [3.63, 3.8) is 0 Å². The van der Waals surface area contributed by atoms with Gasteiger partial charge >= 0.3 is 0 Å². The molecule has 30 heavy (non-hydrogen) atoms. The Bertz CT molecular complexity index is 960. The van der Waals surface area contributed by atoms with Crippen LogP contribution >= 0.6 is 0 Å². The van der Waals surface area contributed by atoms with Crippen molar-refractivity contribution in [1.29, 1.82) is 0 Å². The highest BCUT2D eigenvalue weighted by Crippen LogP contribution is 2.37. The average molecular weight is 406 g/mol. The van der Waals surface area contributed by atoms with E-state index >= 15 is 0 Å². The third kappa shape index (κ3) is 4.15. The molecule has 0 bridgehead atoms. The van der Waals surface area contributed by atoms with Crippen molar-refractivity contribution in [2.75, 3.05) is 0 Å². The lowest BCUT2D eigenvalue weighted by atomic mass is 9.75. The molecule has 162 valence electrons. The Hall–Kier alpha value is -2.22. The highest BCUT2D eigenvalue weighted by molar-refractivity contribution is 6.06. The van der Waals surface area contributed by atoms with Crippen molar-refractivity contribution in [3.8, 4) is 0 Å². The summed E-state index contributed by atoms with van der Waals surface area (Å²) in [6.07, 6.45) is 21.7. The summed E-state index contributed by atoms with van der Waals surface area (Å²) in [4.78, 5) is 17.7. The number of ketones is 1. The Kier molecular flexibility index (Phi) is 5.84. The predicted octanol–water partition coefficient (Wildman–Crippen LogP) is 7.23. The first-order valence-electron chi connectivity index (χ1n) is 12.0. The first kappa shape index (κ1) is 19.7. The summed E-state index contributed by atoms with van der Waals surface area (Å²) in [6, 6.07) is 6.69. The number of aliphatic imine (C=N–C) groups is 1. The van der Waals surface area contributed by atoms with Gasteiger partial charge < -0.3 is 0 Å². The molecular weight excluding hydrogens is 366 g/mol. The molecule has 1 aromatic carbocycles. The van der Waals surface area contributed by atoms with Gasteiger partial charge in [0, 0.05) is 29.2 Å². The maximum absolute atomic E-state index is 12.8. The van der Waals surface area contributed by atoms with Crippen LogP contribution in [0.4, 0.5) is 0 Å². The van der Waals surface area contributed by atoms with Crippen LogP contribution < -0.4 is 0 Å². The summed E-state index contributed by atoms with van der Waals surface area (Å²) in [5.74, 6) is 1.51. The number of aryl methyl sites for hydroxylation is 2. The quantitative estimate of drug-likeness (QED) is 0.491. The van der Waals surface area contributed by atoms with Gasteiger partial charge in [0.2, 0.25) is 0 Å². The van der Waals surface area contributed by atoms with E-state index in [1.807, 2.05) is 6.20 Å². The van der Waals surface area contributed by atoms with Crippen molar-refractivity contribution in [3.05, 3.63) is 70.5 Å². The largest absolute Gasteiger partial charge is 0.300 e. The Morgan fingerprint density at radius 2 is 2.03 bits per heavy atom. The fraction of sp³-hybridized carbons (Fsp3) is 0.500. The summed E-state index contributed by atoms with van der Waals surface area (Å²) in [7, 11) is 0. The molecule has 1 heterocycles. The van der Waals surface area contributed by atoms with E-state index < -0.39 is 0 Å². The highest BCUT2D eigenvalue weighted by atomic mass is 16.1. The second-order valence-corrected chi connectivity index (χ2v) is 9.61. The molecule has 2 unspecified atom stereocenters. The number of carbonyl (C=O) groups excluding carboxylic acids is 1. The number of benzene rings is 1. The second-order valence-electron chi connectivity index (χ2n) is 9.61. The van der Waals surface area contributed by atoms with E-state index in [2.05, 4.69) is 36.4 Å². The van der Waals surface area contributed by atoms with Gasteiger partial charge in [-0.15, -0.1) is 0 Å². The molecule has 0 saturated heterocycles.